The van der Waals surface area contributed by atoms with Crippen molar-refractivity contribution in [3.05, 3.63) is 34.9 Å². The highest BCUT2D eigenvalue weighted by molar-refractivity contribution is 6.33. The Bertz CT molecular complexity index is 622. The lowest BCUT2D eigenvalue weighted by atomic mass is 10.0. The van der Waals surface area contributed by atoms with Gasteiger partial charge in [0.25, 0.3) is 5.91 Å². The fourth-order valence-electron chi connectivity index (χ4n) is 3.61. The monoisotopic (exact) mass is 349 g/mol. The van der Waals surface area contributed by atoms with E-state index in [0.29, 0.717) is 22.4 Å². The third-order valence-corrected chi connectivity index (χ3v) is 5.37. The van der Waals surface area contributed by atoms with Crippen LogP contribution in [-0.4, -0.2) is 48.9 Å². The van der Waals surface area contributed by atoms with Crippen LogP contribution in [0.4, 0.5) is 0 Å². The number of benzene rings is 1. The van der Waals surface area contributed by atoms with Gasteiger partial charge in [-0.15, -0.1) is 0 Å². The Hall–Kier alpha value is -1.59. The van der Waals surface area contributed by atoms with Gasteiger partial charge < -0.3 is 15.5 Å². The van der Waals surface area contributed by atoms with E-state index in [-0.39, 0.29) is 17.7 Å². The molecular weight excluding hydrogens is 326 g/mol. The molecule has 0 aliphatic carbocycles. The first-order chi connectivity index (χ1) is 11.5. The van der Waals surface area contributed by atoms with Crippen LogP contribution >= 0.6 is 11.6 Å². The van der Waals surface area contributed by atoms with Gasteiger partial charge in [0.2, 0.25) is 5.91 Å². The lowest BCUT2D eigenvalue weighted by Gasteiger charge is -2.27. The molecule has 1 aromatic rings. The van der Waals surface area contributed by atoms with E-state index in [1.807, 2.05) is 18.7 Å². The predicted octanol–water partition coefficient (Wildman–Crippen LogP) is 1.77. The second kappa shape index (κ2) is 7.11. The molecule has 6 heteroatoms. The number of carbonyl (C=O) groups is 2. The number of fused-ring (bicyclic) bond motifs is 1. The van der Waals surface area contributed by atoms with E-state index in [9.17, 15) is 9.59 Å². The smallest absolute Gasteiger partial charge is 0.253 e. The molecular formula is C18H24ClN3O2. The van der Waals surface area contributed by atoms with E-state index in [4.69, 9.17) is 11.6 Å². The van der Waals surface area contributed by atoms with Crippen LogP contribution in [-0.2, 0) is 4.79 Å². The van der Waals surface area contributed by atoms with E-state index >= 15 is 0 Å². The summed E-state index contributed by atoms with van der Waals surface area (Å²) in [6.45, 7) is 7.42. The number of nitrogens with zero attached hydrogens (tertiary/aromatic N) is 1. The third-order valence-electron chi connectivity index (χ3n) is 5.04. The lowest BCUT2D eigenvalue weighted by molar-refractivity contribution is -0.133. The van der Waals surface area contributed by atoms with Crippen LogP contribution in [0.5, 0.6) is 0 Å². The van der Waals surface area contributed by atoms with Crippen LogP contribution in [0.2, 0.25) is 5.02 Å². The van der Waals surface area contributed by atoms with Gasteiger partial charge in [0.1, 0.15) is 6.04 Å². The summed E-state index contributed by atoms with van der Waals surface area (Å²) in [5.41, 5.74) is 0.403. The fourth-order valence-corrected chi connectivity index (χ4v) is 3.83. The molecule has 2 N–H and O–H groups in total. The summed E-state index contributed by atoms with van der Waals surface area (Å²) in [6.07, 6.45) is 0. The van der Waals surface area contributed by atoms with Gasteiger partial charge in [0.05, 0.1) is 10.6 Å². The number of nitrogens with one attached hydrogen (secondary N) is 2. The van der Waals surface area contributed by atoms with E-state index in [0.717, 1.165) is 26.2 Å². The minimum atomic E-state index is -0.527. The fraction of sp³-hybridized carbons (Fsp3) is 0.556. The Kier molecular flexibility index (Phi) is 5.11. The second-order valence-electron chi connectivity index (χ2n) is 7.10. The van der Waals surface area contributed by atoms with Crippen LogP contribution in [0.1, 0.15) is 24.2 Å². The maximum absolute atomic E-state index is 12.9. The molecule has 1 aromatic carbocycles. The Balaban J connectivity index is 1.69. The van der Waals surface area contributed by atoms with Gasteiger partial charge >= 0.3 is 0 Å². The second-order valence-corrected chi connectivity index (χ2v) is 7.50. The molecule has 0 bridgehead atoms. The van der Waals surface area contributed by atoms with Crippen molar-refractivity contribution in [1.29, 1.82) is 0 Å². The molecule has 0 radical (unpaired) electrons. The van der Waals surface area contributed by atoms with E-state index in [1.54, 1.807) is 24.3 Å². The number of likely N-dealkylation sites (tertiary alicyclic amines) is 1. The highest BCUT2D eigenvalue weighted by Crippen LogP contribution is 2.27. The van der Waals surface area contributed by atoms with Gasteiger partial charge in [0, 0.05) is 26.2 Å². The molecule has 3 atom stereocenters. The summed E-state index contributed by atoms with van der Waals surface area (Å²) in [4.78, 5) is 27.4. The zero-order chi connectivity index (χ0) is 17.3. The topological polar surface area (TPSA) is 61.4 Å². The molecule has 3 rings (SSSR count). The van der Waals surface area contributed by atoms with Gasteiger partial charge in [0.15, 0.2) is 0 Å². The van der Waals surface area contributed by atoms with Gasteiger partial charge in [-0.3, -0.25) is 9.59 Å². The molecule has 130 valence electrons. The quantitative estimate of drug-likeness (QED) is 0.871. The summed E-state index contributed by atoms with van der Waals surface area (Å²) in [7, 11) is 0. The number of carbonyl (C=O) groups excluding carboxylic acids is 2. The minimum absolute atomic E-state index is 0.0137. The van der Waals surface area contributed by atoms with Crippen molar-refractivity contribution in [3.63, 3.8) is 0 Å². The standard InChI is InChI=1S/C18H24ClN3O2/c1-11(2)16(21-17(23)14-5-3-4-6-15(14)19)18(24)22-9-12-7-20-8-13(12)10-22/h3-6,11-13,16,20H,7-10H2,1-2H3,(H,21,23)/t12-,13+,16?. The van der Waals surface area contributed by atoms with Crippen LogP contribution in [0, 0.1) is 17.8 Å². The summed E-state index contributed by atoms with van der Waals surface area (Å²) < 4.78 is 0. The van der Waals surface area contributed by atoms with Gasteiger partial charge in [-0.2, -0.15) is 0 Å². The first-order valence-electron chi connectivity index (χ1n) is 8.52. The molecule has 2 amide bonds. The number of hydrogen-bond donors (Lipinski definition) is 2. The highest BCUT2D eigenvalue weighted by Gasteiger charge is 2.40. The highest BCUT2D eigenvalue weighted by atomic mass is 35.5. The Morgan fingerprint density at radius 2 is 1.83 bits per heavy atom. The van der Waals surface area contributed by atoms with Crippen LogP contribution in [0.3, 0.4) is 0 Å². The van der Waals surface area contributed by atoms with Crippen molar-refractivity contribution in [1.82, 2.24) is 15.5 Å². The van der Waals surface area contributed by atoms with Crippen molar-refractivity contribution in [2.24, 2.45) is 17.8 Å². The molecule has 24 heavy (non-hydrogen) atoms. The maximum Gasteiger partial charge on any atom is 0.253 e. The van der Waals surface area contributed by atoms with Crippen LogP contribution in [0.15, 0.2) is 24.3 Å². The molecule has 2 saturated heterocycles. The molecule has 2 aliphatic heterocycles. The third kappa shape index (κ3) is 3.42. The van der Waals surface area contributed by atoms with Gasteiger partial charge in [-0.1, -0.05) is 37.6 Å². The number of hydrogen-bond acceptors (Lipinski definition) is 3. The molecule has 2 fully saturated rings. The van der Waals surface area contributed by atoms with Crippen LogP contribution in [0.25, 0.3) is 0 Å². The SMILES string of the molecule is CC(C)C(NC(=O)c1ccccc1Cl)C(=O)N1C[C@H]2CNC[C@H]2C1. The Morgan fingerprint density at radius 1 is 1.21 bits per heavy atom. The van der Waals surface area contributed by atoms with Crippen molar-refractivity contribution in [2.45, 2.75) is 19.9 Å². The van der Waals surface area contributed by atoms with E-state index in [1.165, 1.54) is 0 Å². The predicted molar refractivity (Wildman–Crippen MR) is 94.0 cm³/mol. The number of rotatable bonds is 4. The first kappa shape index (κ1) is 17.2. The molecule has 0 aromatic heterocycles. The maximum atomic E-state index is 12.9. The molecule has 0 spiro atoms. The summed E-state index contributed by atoms with van der Waals surface area (Å²) in [5.74, 6) is 0.818. The van der Waals surface area contributed by atoms with Crippen LogP contribution < -0.4 is 10.6 Å². The van der Waals surface area contributed by atoms with Crippen molar-refractivity contribution >= 4 is 23.4 Å². The molecule has 5 nitrogen and oxygen atoms in total. The lowest BCUT2D eigenvalue weighted by Crippen LogP contribution is -2.51. The molecule has 2 heterocycles. The number of amides is 2. The molecule has 1 unspecified atom stereocenters. The normalized spacial score (nSPS) is 24.1. The average Bonchev–Trinajstić information content (AvgIpc) is 3.13. The first-order valence-corrected chi connectivity index (χ1v) is 8.90. The van der Waals surface area contributed by atoms with Gasteiger partial charge in [-0.05, 0) is 29.9 Å². The van der Waals surface area contributed by atoms with Crippen molar-refractivity contribution in [3.8, 4) is 0 Å². The van der Waals surface area contributed by atoms with E-state index < -0.39 is 6.04 Å². The van der Waals surface area contributed by atoms with Gasteiger partial charge in [-0.25, -0.2) is 0 Å². The minimum Gasteiger partial charge on any atom is -0.340 e. The number of halogens is 1. The Labute approximate surface area is 147 Å². The summed E-state index contributed by atoms with van der Waals surface area (Å²) in [5, 5.41) is 6.65. The average molecular weight is 350 g/mol. The zero-order valence-corrected chi connectivity index (χ0v) is 14.8. The molecule has 2 aliphatic rings. The largest absolute Gasteiger partial charge is 0.340 e. The summed E-state index contributed by atoms with van der Waals surface area (Å²) >= 11 is 6.09. The van der Waals surface area contributed by atoms with Crippen molar-refractivity contribution in [2.75, 3.05) is 26.2 Å². The Morgan fingerprint density at radius 3 is 2.42 bits per heavy atom. The van der Waals surface area contributed by atoms with Crippen molar-refractivity contribution < 1.29 is 9.59 Å². The molecule has 0 saturated carbocycles. The summed E-state index contributed by atoms with van der Waals surface area (Å²) in [6, 6.07) is 6.37. The zero-order valence-electron chi connectivity index (χ0n) is 14.1. The van der Waals surface area contributed by atoms with E-state index in [2.05, 4.69) is 10.6 Å².